The highest BCUT2D eigenvalue weighted by Gasteiger charge is 2.36. The van der Waals surface area contributed by atoms with Crippen LogP contribution in [0.2, 0.25) is 0 Å². The molecule has 0 aliphatic carbocycles. The molecule has 2 aromatic rings. The Kier molecular flexibility index (Phi) is 6.76. The van der Waals surface area contributed by atoms with Crippen LogP contribution >= 0.6 is 0 Å². The average molecular weight is 383 g/mol. The lowest BCUT2D eigenvalue weighted by Crippen LogP contribution is -2.41. The third-order valence-electron chi connectivity index (χ3n) is 4.01. The van der Waals surface area contributed by atoms with Gasteiger partial charge < -0.3 is 20.7 Å². The number of carbonyl (C=O) groups is 3. The summed E-state index contributed by atoms with van der Waals surface area (Å²) in [7, 11) is 0. The van der Waals surface area contributed by atoms with Gasteiger partial charge in [-0.05, 0) is 51.1 Å². The molecule has 2 aromatic carbocycles. The van der Waals surface area contributed by atoms with Crippen molar-refractivity contribution < 1.29 is 19.1 Å². The number of rotatable bonds is 7. The Labute approximate surface area is 164 Å². The number of carbonyl (C=O) groups excluding carboxylic acids is 3. The van der Waals surface area contributed by atoms with Gasteiger partial charge in [-0.1, -0.05) is 18.2 Å². The molecular formula is C21H25N3O4. The predicted octanol–water partition coefficient (Wildman–Crippen LogP) is 3.65. The van der Waals surface area contributed by atoms with Crippen LogP contribution in [0.25, 0.3) is 0 Å². The number of ether oxygens (including phenoxy) is 1. The Morgan fingerprint density at radius 2 is 1.50 bits per heavy atom. The van der Waals surface area contributed by atoms with E-state index in [9.17, 15) is 14.4 Å². The Morgan fingerprint density at radius 1 is 0.893 bits per heavy atom. The Balaban J connectivity index is 2.12. The van der Waals surface area contributed by atoms with Gasteiger partial charge in [0.2, 0.25) is 17.7 Å². The van der Waals surface area contributed by atoms with Crippen molar-refractivity contribution in [3.63, 3.8) is 0 Å². The van der Waals surface area contributed by atoms with Crippen molar-refractivity contribution >= 4 is 34.8 Å². The zero-order valence-electron chi connectivity index (χ0n) is 16.5. The van der Waals surface area contributed by atoms with Crippen LogP contribution < -0.4 is 20.7 Å². The second-order valence-electron chi connectivity index (χ2n) is 6.72. The molecule has 0 aliphatic heterocycles. The zero-order valence-corrected chi connectivity index (χ0v) is 16.5. The highest BCUT2D eigenvalue weighted by atomic mass is 16.5. The lowest BCUT2D eigenvalue weighted by atomic mass is 9.90. The normalized spacial score (nSPS) is 10.7. The Bertz CT molecular complexity index is 877. The van der Waals surface area contributed by atoms with Gasteiger partial charge in [-0.15, -0.1) is 0 Å². The van der Waals surface area contributed by atoms with E-state index in [1.54, 1.807) is 62.4 Å². The first kappa shape index (κ1) is 21.0. The van der Waals surface area contributed by atoms with Gasteiger partial charge in [0.25, 0.3) is 0 Å². The van der Waals surface area contributed by atoms with Gasteiger partial charge in [0, 0.05) is 18.3 Å². The van der Waals surface area contributed by atoms with Crippen LogP contribution in [-0.2, 0) is 14.4 Å². The maximum atomic E-state index is 12.8. The highest BCUT2D eigenvalue weighted by Crippen LogP contribution is 2.27. The molecule has 0 bridgehead atoms. The number of hydrogen-bond donors (Lipinski definition) is 3. The van der Waals surface area contributed by atoms with E-state index >= 15 is 0 Å². The van der Waals surface area contributed by atoms with Crippen LogP contribution in [0.4, 0.5) is 17.1 Å². The van der Waals surface area contributed by atoms with Crippen molar-refractivity contribution in [2.24, 2.45) is 5.41 Å². The smallest absolute Gasteiger partial charge is 0.239 e. The van der Waals surface area contributed by atoms with E-state index < -0.39 is 17.2 Å². The summed E-state index contributed by atoms with van der Waals surface area (Å²) in [6.45, 7) is 6.79. The van der Waals surface area contributed by atoms with Crippen LogP contribution in [0.1, 0.15) is 27.7 Å². The fourth-order valence-corrected chi connectivity index (χ4v) is 2.40. The molecule has 0 heterocycles. The molecule has 2 rings (SSSR count). The number of benzene rings is 2. The summed E-state index contributed by atoms with van der Waals surface area (Å²) < 4.78 is 5.50. The first-order valence-electron chi connectivity index (χ1n) is 8.96. The third kappa shape index (κ3) is 5.33. The molecular weight excluding hydrogens is 358 g/mol. The second-order valence-corrected chi connectivity index (χ2v) is 6.72. The van der Waals surface area contributed by atoms with Gasteiger partial charge in [0.05, 0.1) is 12.3 Å². The molecule has 0 unspecified atom stereocenters. The summed E-state index contributed by atoms with van der Waals surface area (Å²) in [4.78, 5) is 36.7. The van der Waals surface area contributed by atoms with Gasteiger partial charge in [-0.3, -0.25) is 14.4 Å². The number of anilines is 3. The summed E-state index contributed by atoms with van der Waals surface area (Å²) >= 11 is 0. The topological polar surface area (TPSA) is 96.5 Å². The minimum atomic E-state index is -1.34. The van der Waals surface area contributed by atoms with Gasteiger partial charge in [-0.25, -0.2) is 0 Å². The van der Waals surface area contributed by atoms with E-state index in [0.29, 0.717) is 29.4 Å². The van der Waals surface area contributed by atoms with E-state index in [0.717, 1.165) is 0 Å². The summed E-state index contributed by atoms with van der Waals surface area (Å²) in [6.07, 6.45) is 0. The fraction of sp³-hybridized carbons (Fsp3) is 0.286. The zero-order chi connectivity index (χ0) is 20.7. The lowest BCUT2D eigenvalue weighted by Gasteiger charge is -2.23. The fourth-order valence-electron chi connectivity index (χ4n) is 2.40. The molecule has 3 N–H and O–H groups in total. The van der Waals surface area contributed by atoms with Crippen molar-refractivity contribution in [2.45, 2.75) is 27.7 Å². The molecule has 28 heavy (non-hydrogen) atoms. The number of para-hydroxylation sites is 2. The SMILES string of the molecule is CCOc1ccccc1NC(=O)C(C)(C)C(=O)Nc1cccc(NC(C)=O)c1. The molecule has 0 saturated heterocycles. The molecule has 3 amide bonds. The summed E-state index contributed by atoms with van der Waals surface area (Å²) in [6, 6.07) is 13.8. The predicted molar refractivity (Wildman–Crippen MR) is 109 cm³/mol. The van der Waals surface area contributed by atoms with Crippen LogP contribution in [0.5, 0.6) is 5.75 Å². The van der Waals surface area contributed by atoms with Gasteiger partial charge in [0.15, 0.2) is 0 Å². The highest BCUT2D eigenvalue weighted by molar-refractivity contribution is 6.14. The van der Waals surface area contributed by atoms with E-state index in [-0.39, 0.29) is 5.91 Å². The monoisotopic (exact) mass is 383 g/mol. The van der Waals surface area contributed by atoms with Crippen molar-refractivity contribution in [2.75, 3.05) is 22.6 Å². The lowest BCUT2D eigenvalue weighted by molar-refractivity contribution is -0.135. The van der Waals surface area contributed by atoms with Crippen LogP contribution in [-0.4, -0.2) is 24.3 Å². The quantitative estimate of drug-likeness (QED) is 0.636. The molecule has 0 spiro atoms. The van der Waals surface area contributed by atoms with E-state index in [2.05, 4.69) is 16.0 Å². The average Bonchev–Trinajstić information content (AvgIpc) is 2.63. The third-order valence-corrected chi connectivity index (χ3v) is 4.01. The number of hydrogen-bond acceptors (Lipinski definition) is 4. The molecule has 7 heteroatoms. The maximum absolute atomic E-state index is 12.8. The molecule has 0 fully saturated rings. The largest absolute Gasteiger partial charge is 0.492 e. The molecule has 0 aromatic heterocycles. The van der Waals surface area contributed by atoms with Gasteiger partial charge in [0.1, 0.15) is 11.2 Å². The summed E-state index contributed by atoms with van der Waals surface area (Å²) in [5.74, 6) is -0.609. The molecule has 7 nitrogen and oxygen atoms in total. The molecule has 0 radical (unpaired) electrons. The van der Waals surface area contributed by atoms with Gasteiger partial charge in [-0.2, -0.15) is 0 Å². The first-order chi connectivity index (χ1) is 13.2. The summed E-state index contributed by atoms with van der Waals surface area (Å²) in [5, 5.41) is 8.13. The number of nitrogens with one attached hydrogen (secondary N) is 3. The Morgan fingerprint density at radius 3 is 2.14 bits per heavy atom. The van der Waals surface area contributed by atoms with Gasteiger partial charge >= 0.3 is 0 Å². The number of amides is 3. The molecule has 0 atom stereocenters. The van der Waals surface area contributed by atoms with Crippen molar-refractivity contribution in [1.29, 1.82) is 0 Å². The van der Waals surface area contributed by atoms with E-state index in [1.807, 2.05) is 6.92 Å². The first-order valence-corrected chi connectivity index (χ1v) is 8.96. The maximum Gasteiger partial charge on any atom is 0.239 e. The van der Waals surface area contributed by atoms with Crippen molar-refractivity contribution in [1.82, 2.24) is 0 Å². The molecule has 0 saturated carbocycles. The molecule has 148 valence electrons. The van der Waals surface area contributed by atoms with Crippen LogP contribution in [0, 0.1) is 5.41 Å². The second kappa shape index (κ2) is 9.03. The van der Waals surface area contributed by atoms with Crippen LogP contribution in [0.3, 0.4) is 0 Å². The van der Waals surface area contributed by atoms with Crippen molar-refractivity contribution in [3.8, 4) is 5.75 Å². The minimum Gasteiger partial charge on any atom is -0.492 e. The van der Waals surface area contributed by atoms with E-state index in [1.165, 1.54) is 6.92 Å². The minimum absolute atomic E-state index is 0.212. The standard InChI is InChI=1S/C21H25N3O4/c1-5-28-18-12-7-6-11-17(18)24-20(27)21(3,4)19(26)23-16-10-8-9-15(13-16)22-14(2)25/h6-13H,5H2,1-4H3,(H,22,25)(H,23,26)(H,24,27). The molecule has 0 aliphatic rings. The Hall–Kier alpha value is -3.35. The van der Waals surface area contributed by atoms with Crippen molar-refractivity contribution in [3.05, 3.63) is 48.5 Å². The van der Waals surface area contributed by atoms with Crippen LogP contribution in [0.15, 0.2) is 48.5 Å². The van der Waals surface area contributed by atoms with E-state index in [4.69, 9.17) is 4.74 Å². The summed E-state index contributed by atoms with van der Waals surface area (Å²) in [5.41, 5.74) is 0.191.